The summed E-state index contributed by atoms with van der Waals surface area (Å²) in [7, 11) is 1.67. The van der Waals surface area contributed by atoms with Gasteiger partial charge >= 0.3 is 0 Å². The van der Waals surface area contributed by atoms with Gasteiger partial charge in [0, 0.05) is 26.7 Å². The molecule has 2 unspecified atom stereocenters. The fourth-order valence-corrected chi connectivity index (χ4v) is 2.19. The minimum absolute atomic E-state index is 0.0440. The zero-order valence-corrected chi connectivity index (χ0v) is 9.67. The van der Waals surface area contributed by atoms with Crippen LogP contribution >= 0.6 is 0 Å². The summed E-state index contributed by atoms with van der Waals surface area (Å²) in [6.45, 7) is 2.69. The number of hydrogen-bond acceptors (Lipinski definition) is 3. The van der Waals surface area contributed by atoms with Crippen LogP contribution in [0.25, 0.3) is 0 Å². The summed E-state index contributed by atoms with van der Waals surface area (Å²) in [6.07, 6.45) is 0.445. The second-order valence-corrected chi connectivity index (χ2v) is 4.35. The Morgan fingerprint density at radius 1 is 1.38 bits per heavy atom. The fourth-order valence-electron chi connectivity index (χ4n) is 2.19. The number of ether oxygens (including phenoxy) is 1. The smallest absolute Gasteiger partial charge is 0.0957 e. The summed E-state index contributed by atoms with van der Waals surface area (Å²) in [6, 6.07) is 10.4. The van der Waals surface area contributed by atoms with Crippen molar-refractivity contribution in [2.75, 3.05) is 20.2 Å². The fraction of sp³-hybridized carbons (Fsp3) is 0.538. The molecule has 0 spiro atoms. The molecular weight excluding hydrogens is 202 g/mol. The highest BCUT2D eigenvalue weighted by Crippen LogP contribution is 2.15. The van der Waals surface area contributed by atoms with Gasteiger partial charge in [-0.05, 0) is 12.0 Å². The first kappa shape index (κ1) is 11.6. The molecule has 0 saturated carbocycles. The van der Waals surface area contributed by atoms with Gasteiger partial charge in [0.25, 0.3) is 0 Å². The predicted molar refractivity (Wildman–Crippen MR) is 63.1 cm³/mol. The first-order chi connectivity index (χ1) is 7.79. The van der Waals surface area contributed by atoms with Crippen molar-refractivity contribution in [3.8, 4) is 0 Å². The Labute approximate surface area is 96.6 Å². The second-order valence-electron chi connectivity index (χ2n) is 4.35. The first-order valence-corrected chi connectivity index (χ1v) is 5.76. The third-order valence-electron chi connectivity index (χ3n) is 3.16. The number of benzene rings is 1. The first-order valence-electron chi connectivity index (χ1n) is 5.76. The van der Waals surface area contributed by atoms with Crippen LogP contribution in [0.2, 0.25) is 0 Å². The van der Waals surface area contributed by atoms with Crippen LogP contribution < -0.4 is 0 Å². The molecular formula is C13H19NO2. The van der Waals surface area contributed by atoms with Crippen LogP contribution in [0.1, 0.15) is 12.0 Å². The number of methoxy groups -OCH3 is 1. The van der Waals surface area contributed by atoms with E-state index in [0.29, 0.717) is 0 Å². The van der Waals surface area contributed by atoms with Gasteiger partial charge in [0.15, 0.2) is 0 Å². The Morgan fingerprint density at radius 2 is 2.12 bits per heavy atom. The molecule has 0 radical (unpaired) electrons. The van der Waals surface area contributed by atoms with E-state index < -0.39 is 0 Å². The molecule has 1 heterocycles. The van der Waals surface area contributed by atoms with Gasteiger partial charge in [0.2, 0.25) is 0 Å². The molecule has 1 N–H and O–H groups in total. The van der Waals surface area contributed by atoms with Gasteiger partial charge in [0.1, 0.15) is 0 Å². The summed E-state index contributed by atoms with van der Waals surface area (Å²) >= 11 is 0. The minimum atomic E-state index is -0.308. The third-order valence-corrected chi connectivity index (χ3v) is 3.16. The maximum absolute atomic E-state index is 9.70. The van der Waals surface area contributed by atoms with Gasteiger partial charge in [-0.15, -0.1) is 0 Å². The van der Waals surface area contributed by atoms with Crippen molar-refractivity contribution in [2.24, 2.45) is 0 Å². The van der Waals surface area contributed by atoms with E-state index in [4.69, 9.17) is 4.74 Å². The number of nitrogens with zero attached hydrogens (tertiary/aromatic N) is 1. The molecule has 0 bridgehead atoms. The van der Waals surface area contributed by atoms with E-state index in [1.54, 1.807) is 7.11 Å². The molecule has 1 saturated heterocycles. The average Bonchev–Trinajstić information content (AvgIpc) is 2.33. The van der Waals surface area contributed by atoms with Crippen LogP contribution in [0, 0.1) is 0 Å². The van der Waals surface area contributed by atoms with Gasteiger partial charge in [-0.3, -0.25) is 4.90 Å². The number of aliphatic hydroxyl groups is 1. The Morgan fingerprint density at radius 3 is 2.81 bits per heavy atom. The molecule has 16 heavy (non-hydrogen) atoms. The molecule has 1 fully saturated rings. The number of piperidine rings is 1. The lowest BCUT2D eigenvalue weighted by Crippen LogP contribution is -2.47. The lowest BCUT2D eigenvalue weighted by Gasteiger charge is -2.35. The predicted octanol–water partition coefficient (Wildman–Crippen LogP) is 1.27. The van der Waals surface area contributed by atoms with Crippen LogP contribution in [0.3, 0.4) is 0 Å². The molecule has 3 heteroatoms. The van der Waals surface area contributed by atoms with Crippen molar-refractivity contribution in [2.45, 2.75) is 25.2 Å². The average molecular weight is 221 g/mol. The maximum Gasteiger partial charge on any atom is 0.0957 e. The normalized spacial score (nSPS) is 26.9. The van der Waals surface area contributed by atoms with E-state index in [0.717, 1.165) is 26.1 Å². The van der Waals surface area contributed by atoms with E-state index in [9.17, 15) is 5.11 Å². The van der Waals surface area contributed by atoms with E-state index in [-0.39, 0.29) is 12.2 Å². The summed E-state index contributed by atoms with van der Waals surface area (Å²) < 4.78 is 5.28. The Hall–Kier alpha value is -0.900. The van der Waals surface area contributed by atoms with Crippen molar-refractivity contribution in [3.05, 3.63) is 35.9 Å². The topological polar surface area (TPSA) is 32.7 Å². The highest BCUT2D eigenvalue weighted by molar-refractivity contribution is 5.14. The van der Waals surface area contributed by atoms with Gasteiger partial charge in [-0.2, -0.15) is 0 Å². The number of rotatable bonds is 3. The lowest BCUT2D eigenvalue weighted by molar-refractivity contribution is -0.0625. The highest BCUT2D eigenvalue weighted by Gasteiger charge is 2.27. The SMILES string of the molecule is COC1CN(Cc2ccccc2)CCC1O. The molecule has 0 aliphatic carbocycles. The van der Waals surface area contributed by atoms with Crippen LogP contribution in [-0.4, -0.2) is 42.4 Å². The molecule has 88 valence electrons. The lowest BCUT2D eigenvalue weighted by atomic mass is 10.0. The van der Waals surface area contributed by atoms with Crippen molar-refractivity contribution in [1.29, 1.82) is 0 Å². The zero-order valence-electron chi connectivity index (χ0n) is 9.67. The van der Waals surface area contributed by atoms with E-state index in [1.807, 2.05) is 6.07 Å². The number of hydrogen-bond donors (Lipinski definition) is 1. The maximum atomic E-state index is 9.70. The van der Waals surface area contributed by atoms with E-state index in [2.05, 4.69) is 29.2 Å². The molecule has 3 nitrogen and oxygen atoms in total. The largest absolute Gasteiger partial charge is 0.390 e. The molecule has 1 aliphatic rings. The van der Waals surface area contributed by atoms with E-state index in [1.165, 1.54) is 5.56 Å². The summed E-state index contributed by atoms with van der Waals surface area (Å²) in [5.41, 5.74) is 1.31. The van der Waals surface area contributed by atoms with Crippen LogP contribution in [0.4, 0.5) is 0 Å². The monoisotopic (exact) mass is 221 g/mol. The van der Waals surface area contributed by atoms with Crippen molar-refractivity contribution >= 4 is 0 Å². The Bertz CT molecular complexity index is 315. The Kier molecular flexibility index (Phi) is 3.93. The van der Waals surface area contributed by atoms with Crippen molar-refractivity contribution < 1.29 is 9.84 Å². The summed E-state index contributed by atoms with van der Waals surface area (Å²) in [4.78, 5) is 2.33. The van der Waals surface area contributed by atoms with Crippen molar-refractivity contribution in [3.63, 3.8) is 0 Å². The van der Waals surface area contributed by atoms with Gasteiger partial charge < -0.3 is 9.84 Å². The standard InChI is InChI=1S/C13H19NO2/c1-16-13-10-14(8-7-12(13)15)9-11-5-3-2-4-6-11/h2-6,12-13,15H,7-10H2,1H3. The molecule has 1 aromatic rings. The van der Waals surface area contributed by atoms with Crippen LogP contribution in [-0.2, 0) is 11.3 Å². The molecule has 1 aliphatic heterocycles. The van der Waals surface area contributed by atoms with Crippen LogP contribution in [0.5, 0.6) is 0 Å². The molecule has 0 aromatic heterocycles. The van der Waals surface area contributed by atoms with Crippen LogP contribution in [0.15, 0.2) is 30.3 Å². The number of likely N-dealkylation sites (tertiary alicyclic amines) is 1. The second kappa shape index (κ2) is 5.43. The molecule has 0 amide bonds. The molecule has 1 aromatic carbocycles. The number of aliphatic hydroxyl groups excluding tert-OH is 1. The summed E-state index contributed by atoms with van der Waals surface area (Å²) in [5.74, 6) is 0. The quantitative estimate of drug-likeness (QED) is 0.834. The van der Waals surface area contributed by atoms with Crippen molar-refractivity contribution in [1.82, 2.24) is 4.90 Å². The minimum Gasteiger partial charge on any atom is -0.390 e. The summed E-state index contributed by atoms with van der Waals surface area (Å²) in [5, 5.41) is 9.70. The highest BCUT2D eigenvalue weighted by atomic mass is 16.5. The van der Waals surface area contributed by atoms with E-state index >= 15 is 0 Å². The zero-order chi connectivity index (χ0) is 11.4. The Balaban J connectivity index is 1.92. The van der Waals surface area contributed by atoms with Gasteiger partial charge in [0.05, 0.1) is 12.2 Å². The van der Waals surface area contributed by atoms with Gasteiger partial charge in [-0.25, -0.2) is 0 Å². The third kappa shape index (κ3) is 2.82. The molecule has 2 atom stereocenters. The molecule has 2 rings (SSSR count). The van der Waals surface area contributed by atoms with Gasteiger partial charge in [-0.1, -0.05) is 30.3 Å².